The Morgan fingerprint density at radius 1 is 0.455 bits per heavy atom. The molecule has 2 heteroatoms. The second-order valence-electron chi connectivity index (χ2n) is 9.01. The summed E-state index contributed by atoms with van der Waals surface area (Å²) in [5, 5.41) is 6.11. The SMILES string of the molecule is CC1C(P(c2ccccc2)c2ccccc2)CCCC1P(c1ccccc1)c1ccccc1. The van der Waals surface area contributed by atoms with Gasteiger partial charge in [0.2, 0.25) is 0 Å². The molecular weight excluding hydrogens is 434 g/mol. The molecule has 0 spiro atoms. The maximum absolute atomic E-state index is 2.57. The van der Waals surface area contributed by atoms with E-state index in [4.69, 9.17) is 0 Å². The molecule has 5 rings (SSSR count). The summed E-state index contributed by atoms with van der Waals surface area (Å²) in [7, 11) is -0.774. The highest BCUT2D eigenvalue weighted by molar-refractivity contribution is 7.74. The molecule has 0 heterocycles. The van der Waals surface area contributed by atoms with Gasteiger partial charge < -0.3 is 0 Å². The Morgan fingerprint density at radius 2 is 0.727 bits per heavy atom. The van der Waals surface area contributed by atoms with Gasteiger partial charge >= 0.3 is 0 Å². The van der Waals surface area contributed by atoms with E-state index in [0.29, 0.717) is 17.2 Å². The largest absolute Gasteiger partial charge is 0.0622 e. The van der Waals surface area contributed by atoms with Gasteiger partial charge in [0, 0.05) is 0 Å². The Kier molecular flexibility index (Phi) is 7.36. The van der Waals surface area contributed by atoms with Gasteiger partial charge in [-0.3, -0.25) is 0 Å². The molecule has 0 nitrogen and oxygen atoms in total. The van der Waals surface area contributed by atoms with Crippen molar-refractivity contribution in [3.63, 3.8) is 0 Å². The normalized spacial score (nSPS) is 20.8. The maximum atomic E-state index is 2.57. The Morgan fingerprint density at radius 3 is 1.00 bits per heavy atom. The molecule has 1 saturated carbocycles. The molecule has 1 aliphatic carbocycles. The molecule has 1 fully saturated rings. The van der Waals surface area contributed by atoms with Gasteiger partial charge in [0.1, 0.15) is 0 Å². The van der Waals surface area contributed by atoms with E-state index in [-0.39, 0.29) is 15.8 Å². The molecule has 4 aromatic rings. The van der Waals surface area contributed by atoms with E-state index in [1.807, 2.05) is 0 Å². The van der Waals surface area contributed by atoms with E-state index in [0.717, 1.165) is 0 Å². The standard InChI is InChI=1S/C31H32P2/c1-25-30(32(26-15-6-2-7-16-26)27-17-8-3-9-18-27)23-14-24-31(25)33(28-19-10-4-11-20-28)29-21-12-5-13-22-29/h2-13,15-22,25,30-31H,14,23-24H2,1H3. The predicted octanol–water partition coefficient (Wildman–Crippen LogP) is 6.81. The average molecular weight is 467 g/mol. The van der Waals surface area contributed by atoms with Gasteiger partial charge in [0.15, 0.2) is 0 Å². The Balaban J connectivity index is 1.55. The highest BCUT2D eigenvalue weighted by Gasteiger charge is 2.40. The zero-order chi connectivity index (χ0) is 22.5. The lowest BCUT2D eigenvalue weighted by Crippen LogP contribution is -2.39. The molecular formula is C31H32P2. The first-order valence-electron chi connectivity index (χ1n) is 12.1. The van der Waals surface area contributed by atoms with Crippen molar-refractivity contribution >= 4 is 37.1 Å². The Hall–Kier alpha value is -2.26. The van der Waals surface area contributed by atoms with Gasteiger partial charge in [-0.05, 0) is 67.1 Å². The van der Waals surface area contributed by atoms with Gasteiger partial charge in [0.25, 0.3) is 0 Å². The van der Waals surface area contributed by atoms with Gasteiger partial charge in [0.05, 0.1) is 0 Å². The van der Waals surface area contributed by atoms with Crippen LogP contribution in [0.4, 0.5) is 0 Å². The molecule has 0 amide bonds. The average Bonchev–Trinajstić information content (AvgIpc) is 2.89. The third-order valence-electron chi connectivity index (χ3n) is 7.01. The van der Waals surface area contributed by atoms with E-state index in [9.17, 15) is 0 Å². The van der Waals surface area contributed by atoms with Crippen LogP contribution in [0.15, 0.2) is 121 Å². The summed E-state index contributed by atoms with van der Waals surface area (Å²) < 4.78 is 0. The second kappa shape index (κ2) is 10.8. The topological polar surface area (TPSA) is 0 Å². The van der Waals surface area contributed by atoms with Crippen molar-refractivity contribution in [2.45, 2.75) is 37.5 Å². The summed E-state index contributed by atoms with van der Waals surface area (Å²) in [5.74, 6) is 0.678. The lowest BCUT2D eigenvalue weighted by molar-refractivity contribution is 0.404. The number of hydrogen-bond acceptors (Lipinski definition) is 0. The first kappa shape index (κ1) is 22.5. The maximum Gasteiger partial charge on any atom is -0.00969 e. The van der Waals surface area contributed by atoms with Crippen molar-refractivity contribution in [1.82, 2.24) is 0 Å². The van der Waals surface area contributed by atoms with Crippen molar-refractivity contribution < 1.29 is 0 Å². The molecule has 0 aliphatic heterocycles. The van der Waals surface area contributed by atoms with Crippen LogP contribution in [0, 0.1) is 5.92 Å². The van der Waals surface area contributed by atoms with Crippen LogP contribution >= 0.6 is 15.8 Å². The fourth-order valence-electron chi connectivity index (χ4n) is 5.47. The van der Waals surface area contributed by atoms with Crippen LogP contribution in [0.25, 0.3) is 0 Å². The van der Waals surface area contributed by atoms with Crippen LogP contribution in [0.5, 0.6) is 0 Å². The Bertz CT molecular complexity index is 943. The summed E-state index contributed by atoms with van der Waals surface area (Å²) in [5.41, 5.74) is 1.42. The lowest BCUT2D eigenvalue weighted by Gasteiger charge is -2.44. The molecule has 33 heavy (non-hydrogen) atoms. The van der Waals surface area contributed by atoms with Crippen LogP contribution in [0.1, 0.15) is 26.2 Å². The summed E-state index contributed by atoms with van der Waals surface area (Å²) in [6, 6.07) is 45.3. The van der Waals surface area contributed by atoms with E-state index in [1.54, 1.807) is 0 Å². The molecule has 0 N–H and O–H groups in total. The summed E-state index contributed by atoms with van der Waals surface area (Å²) in [4.78, 5) is 0. The van der Waals surface area contributed by atoms with Crippen molar-refractivity contribution in [2.24, 2.45) is 5.92 Å². The van der Waals surface area contributed by atoms with Gasteiger partial charge in [-0.2, -0.15) is 0 Å². The zero-order valence-electron chi connectivity index (χ0n) is 19.3. The highest BCUT2D eigenvalue weighted by Crippen LogP contribution is 2.56. The van der Waals surface area contributed by atoms with Crippen molar-refractivity contribution in [3.05, 3.63) is 121 Å². The first-order chi connectivity index (χ1) is 16.3. The fourth-order valence-corrected chi connectivity index (χ4v) is 11.9. The Labute approximate surface area is 201 Å². The molecule has 2 unspecified atom stereocenters. The molecule has 0 bridgehead atoms. The quantitative estimate of drug-likeness (QED) is 0.274. The molecule has 2 atom stereocenters. The molecule has 166 valence electrons. The van der Waals surface area contributed by atoms with E-state index >= 15 is 0 Å². The highest BCUT2D eigenvalue weighted by atomic mass is 31.1. The van der Waals surface area contributed by atoms with Crippen LogP contribution < -0.4 is 21.2 Å². The first-order valence-corrected chi connectivity index (χ1v) is 14.9. The van der Waals surface area contributed by atoms with E-state index in [2.05, 4.69) is 128 Å². The number of hydrogen-bond donors (Lipinski definition) is 0. The third kappa shape index (κ3) is 4.99. The number of benzene rings is 4. The van der Waals surface area contributed by atoms with Gasteiger partial charge in [-0.25, -0.2) is 0 Å². The molecule has 0 aromatic heterocycles. The predicted molar refractivity (Wildman–Crippen MR) is 149 cm³/mol. The van der Waals surface area contributed by atoms with Crippen LogP contribution in [-0.2, 0) is 0 Å². The van der Waals surface area contributed by atoms with E-state index in [1.165, 1.54) is 40.5 Å². The number of rotatable bonds is 6. The summed E-state index contributed by atoms with van der Waals surface area (Å²) in [6.45, 7) is 2.57. The van der Waals surface area contributed by atoms with Crippen LogP contribution in [0.2, 0.25) is 0 Å². The van der Waals surface area contributed by atoms with Crippen molar-refractivity contribution in [3.8, 4) is 0 Å². The van der Waals surface area contributed by atoms with Crippen molar-refractivity contribution in [1.29, 1.82) is 0 Å². The molecule has 0 radical (unpaired) electrons. The lowest BCUT2D eigenvalue weighted by atomic mass is 9.89. The van der Waals surface area contributed by atoms with E-state index < -0.39 is 0 Å². The monoisotopic (exact) mass is 466 g/mol. The molecule has 1 aliphatic rings. The van der Waals surface area contributed by atoms with Crippen LogP contribution in [-0.4, -0.2) is 11.3 Å². The molecule has 4 aromatic carbocycles. The van der Waals surface area contributed by atoms with Crippen molar-refractivity contribution in [2.75, 3.05) is 0 Å². The summed E-state index contributed by atoms with van der Waals surface area (Å²) in [6.07, 6.45) is 4.00. The fraction of sp³-hybridized carbons (Fsp3) is 0.226. The van der Waals surface area contributed by atoms with Gasteiger partial charge in [-0.1, -0.05) is 135 Å². The minimum atomic E-state index is -0.387. The minimum Gasteiger partial charge on any atom is -0.0622 e. The molecule has 0 saturated heterocycles. The third-order valence-corrected chi connectivity index (χ3v) is 13.2. The smallest absolute Gasteiger partial charge is 0.00969 e. The van der Waals surface area contributed by atoms with Crippen LogP contribution in [0.3, 0.4) is 0 Å². The second-order valence-corrected chi connectivity index (χ2v) is 13.9. The minimum absolute atomic E-state index is 0.387. The van der Waals surface area contributed by atoms with Gasteiger partial charge in [-0.15, -0.1) is 0 Å². The zero-order valence-corrected chi connectivity index (χ0v) is 21.1. The summed E-state index contributed by atoms with van der Waals surface area (Å²) >= 11 is 0.